The van der Waals surface area contributed by atoms with E-state index in [1.165, 1.54) is 0 Å². The number of rotatable bonds is 5. The minimum atomic E-state index is -1.06. The molecule has 0 spiro atoms. The number of hydrogen-bond acceptors (Lipinski definition) is 5. The molecule has 138 valence electrons. The van der Waals surface area contributed by atoms with Crippen LogP contribution in [0.3, 0.4) is 0 Å². The second-order valence-corrected chi connectivity index (χ2v) is 7.52. The van der Waals surface area contributed by atoms with Crippen LogP contribution in [0.4, 0.5) is 0 Å². The summed E-state index contributed by atoms with van der Waals surface area (Å²) in [6.45, 7) is 8.65. The van der Waals surface area contributed by atoms with Gasteiger partial charge in [-0.25, -0.2) is 4.79 Å². The van der Waals surface area contributed by atoms with Gasteiger partial charge in [-0.3, -0.25) is 5.10 Å². The second kappa shape index (κ2) is 6.53. The molecule has 0 radical (unpaired) electrons. The number of H-pyrrole nitrogens is 1. The van der Waals surface area contributed by atoms with E-state index in [0.29, 0.717) is 17.4 Å². The van der Waals surface area contributed by atoms with Crippen molar-refractivity contribution in [2.75, 3.05) is 13.6 Å². The lowest BCUT2D eigenvalue weighted by atomic mass is 9.77. The predicted molar refractivity (Wildman–Crippen MR) is 101 cm³/mol. The van der Waals surface area contributed by atoms with E-state index in [9.17, 15) is 9.90 Å². The van der Waals surface area contributed by atoms with Gasteiger partial charge in [-0.2, -0.15) is 5.10 Å². The third kappa shape index (κ3) is 3.27. The fraction of sp³-hybridized carbons (Fsp3) is 0.444. The Bertz CT molecular complexity index is 856. The molecule has 1 fully saturated rings. The summed E-state index contributed by atoms with van der Waals surface area (Å²) < 4.78 is 12.3. The van der Waals surface area contributed by atoms with Gasteiger partial charge in [-0.15, -0.1) is 0 Å². The van der Waals surface area contributed by atoms with Crippen LogP contribution >= 0.6 is 0 Å². The molecule has 1 aromatic carbocycles. The van der Waals surface area contributed by atoms with E-state index in [1.807, 2.05) is 59.0 Å². The molecule has 0 unspecified atom stereocenters. The number of fused-ring (bicyclic) bond motifs is 1. The molecule has 26 heavy (non-hydrogen) atoms. The molecule has 2 heterocycles. The maximum Gasteiger partial charge on any atom is 0.491 e. The van der Waals surface area contributed by atoms with Gasteiger partial charge >= 0.3 is 13.1 Å². The summed E-state index contributed by atoms with van der Waals surface area (Å²) in [6, 6.07) is 5.54. The zero-order valence-corrected chi connectivity index (χ0v) is 15.7. The smallest absolute Gasteiger partial charge is 0.476 e. The Morgan fingerprint density at radius 1 is 1.31 bits per heavy atom. The number of likely N-dealkylation sites (N-methyl/N-ethyl adjacent to an activating group) is 1. The van der Waals surface area contributed by atoms with Crippen LogP contribution in [0.2, 0.25) is 0 Å². The fourth-order valence-electron chi connectivity index (χ4n) is 2.90. The highest BCUT2D eigenvalue weighted by Crippen LogP contribution is 2.38. The first-order chi connectivity index (χ1) is 12.1. The quantitative estimate of drug-likeness (QED) is 0.712. The third-order valence-corrected chi connectivity index (χ3v) is 5.08. The minimum Gasteiger partial charge on any atom is -0.476 e. The summed E-state index contributed by atoms with van der Waals surface area (Å²) in [6.07, 6.45) is 1.97. The van der Waals surface area contributed by atoms with Crippen molar-refractivity contribution in [2.45, 2.75) is 38.9 Å². The number of nitrogens with one attached hydrogen (secondary N) is 2. The number of aromatic nitrogens is 2. The number of aromatic carboxylic acids is 1. The van der Waals surface area contributed by atoms with Gasteiger partial charge < -0.3 is 19.7 Å². The van der Waals surface area contributed by atoms with E-state index in [0.717, 1.165) is 11.0 Å². The zero-order valence-electron chi connectivity index (χ0n) is 15.7. The summed E-state index contributed by atoms with van der Waals surface area (Å²) in [5, 5.41) is 19.6. The zero-order chi connectivity index (χ0) is 19.1. The monoisotopic (exact) mass is 357 g/mol. The molecule has 0 amide bonds. The van der Waals surface area contributed by atoms with E-state index in [4.69, 9.17) is 9.31 Å². The molecule has 0 saturated carbocycles. The maximum atomic E-state index is 11.3. The van der Waals surface area contributed by atoms with E-state index >= 15 is 0 Å². The average molecular weight is 357 g/mol. The molecule has 0 atom stereocenters. The van der Waals surface area contributed by atoms with Crippen LogP contribution in [-0.2, 0) is 9.31 Å². The molecule has 8 heteroatoms. The van der Waals surface area contributed by atoms with Crippen molar-refractivity contribution in [1.29, 1.82) is 0 Å². The molecule has 0 bridgehead atoms. The highest BCUT2D eigenvalue weighted by atomic mass is 16.7. The lowest BCUT2D eigenvalue weighted by Crippen LogP contribution is -2.41. The average Bonchev–Trinajstić information content (AvgIpc) is 3.05. The summed E-state index contributed by atoms with van der Waals surface area (Å²) >= 11 is 0. The molecular formula is C18H24BN3O4. The number of carboxylic acids is 1. The van der Waals surface area contributed by atoms with Gasteiger partial charge in [0.2, 0.25) is 0 Å². The van der Waals surface area contributed by atoms with Crippen LogP contribution < -0.4 is 5.32 Å². The van der Waals surface area contributed by atoms with Crippen molar-refractivity contribution in [1.82, 2.24) is 15.5 Å². The number of aromatic amines is 1. The van der Waals surface area contributed by atoms with Crippen LogP contribution in [0.25, 0.3) is 17.0 Å². The van der Waals surface area contributed by atoms with E-state index in [-0.39, 0.29) is 5.69 Å². The van der Waals surface area contributed by atoms with Crippen LogP contribution in [0.1, 0.15) is 43.7 Å². The van der Waals surface area contributed by atoms with Crippen molar-refractivity contribution in [3.63, 3.8) is 0 Å². The minimum absolute atomic E-state index is 0.0149. The van der Waals surface area contributed by atoms with Gasteiger partial charge in [-0.05, 0) is 57.9 Å². The first kappa shape index (κ1) is 18.6. The van der Waals surface area contributed by atoms with Crippen LogP contribution in [0.15, 0.2) is 23.7 Å². The number of carboxylic acid groups (broad SMARTS) is 1. The van der Waals surface area contributed by atoms with E-state index < -0.39 is 24.3 Å². The van der Waals surface area contributed by atoms with Gasteiger partial charge in [0.05, 0.1) is 16.7 Å². The van der Waals surface area contributed by atoms with Crippen molar-refractivity contribution in [2.24, 2.45) is 0 Å². The highest BCUT2D eigenvalue weighted by Gasteiger charge is 2.52. The Morgan fingerprint density at radius 2 is 1.96 bits per heavy atom. The first-order valence-corrected chi connectivity index (χ1v) is 8.57. The number of nitrogens with zero attached hydrogens (tertiary/aromatic N) is 1. The van der Waals surface area contributed by atoms with Gasteiger partial charge in [0.1, 0.15) is 0 Å². The molecule has 7 nitrogen and oxygen atoms in total. The lowest BCUT2D eigenvalue weighted by Gasteiger charge is -2.32. The topological polar surface area (TPSA) is 96.5 Å². The van der Waals surface area contributed by atoms with Gasteiger partial charge in [0.15, 0.2) is 5.69 Å². The Labute approximate surface area is 152 Å². The summed E-state index contributed by atoms with van der Waals surface area (Å²) in [5.74, 6) is -1.06. The predicted octanol–water partition coefficient (Wildman–Crippen LogP) is 2.50. The molecule has 1 aliphatic heterocycles. The normalized spacial score (nSPS) is 19.3. The van der Waals surface area contributed by atoms with E-state index in [1.54, 1.807) is 0 Å². The number of hydrogen-bond donors (Lipinski definition) is 3. The van der Waals surface area contributed by atoms with E-state index in [2.05, 4.69) is 15.5 Å². The number of benzene rings is 1. The number of carbonyl (C=O) groups is 1. The first-order valence-electron chi connectivity index (χ1n) is 8.57. The SMILES string of the molecule is CNCC(=Cc1ccc2[nH]nc(C(=O)O)c2c1)B1OC(C)(C)C(C)(C)O1. The standard InChI is InChI=1S/C18H24BN3O4/c1-17(2)18(3,4)26-19(25-17)12(10-20-5)8-11-6-7-14-13(9-11)15(16(23)24)22-21-14/h6-9,20H,10H2,1-5H3,(H,21,22)(H,23,24). The highest BCUT2D eigenvalue weighted by molar-refractivity contribution is 6.56. The lowest BCUT2D eigenvalue weighted by molar-refractivity contribution is 0.00578. The molecule has 1 aliphatic rings. The Kier molecular flexibility index (Phi) is 4.68. The van der Waals surface area contributed by atoms with Crippen molar-refractivity contribution in [3.05, 3.63) is 34.9 Å². The maximum absolute atomic E-state index is 11.3. The van der Waals surface area contributed by atoms with Crippen LogP contribution in [-0.4, -0.2) is 53.2 Å². The van der Waals surface area contributed by atoms with Crippen molar-refractivity contribution >= 4 is 30.1 Å². The van der Waals surface area contributed by atoms with Gasteiger partial charge in [0.25, 0.3) is 0 Å². The second-order valence-electron chi connectivity index (χ2n) is 7.52. The molecule has 3 rings (SSSR count). The largest absolute Gasteiger partial charge is 0.491 e. The molecule has 1 aromatic heterocycles. The van der Waals surface area contributed by atoms with Crippen LogP contribution in [0.5, 0.6) is 0 Å². The molecule has 3 N–H and O–H groups in total. The summed E-state index contributed by atoms with van der Waals surface area (Å²) in [5.41, 5.74) is 1.66. The summed E-state index contributed by atoms with van der Waals surface area (Å²) in [7, 11) is 1.40. The molecule has 1 saturated heterocycles. The van der Waals surface area contributed by atoms with Gasteiger partial charge in [-0.1, -0.05) is 12.1 Å². The van der Waals surface area contributed by atoms with Crippen molar-refractivity contribution < 1.29 is 19.2 Å². The van der Waals surface area contributed by atoms with Gasteiger partial charge in [0, 0.05) is 11.9 Å². The van der Waals surface area contributed by atoms with Crippen molar-refractivity contribution in [3.8, 4) is 0 Å². The molecule has 0 aliphatic carbocycles. The molecular weight excluding hydrogens is 333 g/mol. The Morgan fingerprint density at radius 3 is 2.54 bits per heavy atom. The Hall–Kier alpha value is -2.16. The molecule has 2 aromatic rings. The summed E-state index contributed by atoms with van der Waals surface area (Å²) in [4.78, 5) is 11.3. The van der Waals surface area contributed by atoms with Crippen LogP contribution in [0, 0.1) is 0 Å². The fourth-order valence-corrected chi connectivity index (χ4v) is 2.90. The third-order valence-electron chi connectivity index (χ3n) is 5.08. The Balaban J connectivity index is 1.98.